The molecule has 124 valence electrons. The number of benzene rings is 1. The van der Waals surface area contributed by atoms with E-state index in [0.717, 1.165) is 11.4 Å². The lowest BCUT2D eigenvalue weighted by atomic mass is 10.3. The van der Waals surface area contributed by atoms with Crippen molar-refractivity contribution in [2.45, 2.75) is 12.1 Å². The van der Waals surface area contributed by atoms with Gasteiger partial charge in [0.2, 0.25) is 5.91 Å². The van der Waals surface area contributed by atoms with Crippen LogP contribution in [0.3, 0.4) is 0 Å². The number of amides is 1. The number of carbonyl (C=O) groups excluding carboxylic acids is 1. The van der Waals surface area contributed by atoms with Crippen LogP contribution in [-0.2, 0) is 11.8 Å². The predicted molar refractivity (Wildman–Crippen MR) is 96.6 cm³/mol. The zero-order chi connectivity index (χ0) is 17.3. The first-order valence-corrected chi connectivity index (χ1v) is 8.46. The summed E-state index contributed by atoms with van der Waals surface area (Å²) in [5, 5.41) is 0.529. The van der Waals surface area contributed by atoms with Gasteiger partial charge in [-0.2, -0.15) is 0 Å². The maximum atomic E-state index is 12.4. The van der Waals surface area contributed by atoms with E-state index in [9.17, 15) is 9.59 Å². The number of para-hydroxylation sites is 1. The van der Waals surface area contributed by atoms with Gasteiger partial charge in [0, 0.05) is 25.5 Å². The first-order valence-electron chi connectivity index (χ1n) is 7.48. The molecule has 2 aromatic heterocycles. The lowest BCUT2D eigenvalue weighted by Crippen LogP contribution is -2.28. The van der Waals surface area contributed by atoms with Gasteiger partial charge < -0.3 is 9.88 Å². The van der Waals surface area contributed by atoms with E-state index in [4.69, 9.17) is 0 Å². The van der Waals surface area contributed by atoms with Crippen molar-refractivity contribution in [3.8, 4) is 0 Å². The van der Waals surface area contributed by atoms with E-state index in [0.29, 0.717) is 16.2 Å². The maximum absolute atomic E-state index is 12.4. The van der Waals surface area contributed by atoms with Crippen molar-refractivity contribution in [3.63, 3.8) is 0 Å². The molecule has 0 bridgehead atoms. The van der Waals surface area contributed by atoms with Crippen molar-refractivity contribution in [1.29, 1.82) is 0 Å². The van der Waals surface area contributed by atoms with Crippen LogP contribution in [0, 0.1) is 6.92 Å². The number of aromatic nitrogens is 3. The molecular formula is C17H18N4O2S. The van der Waals surface area contributed by atoms with Gasteiger partial charge in [0.15, 0.2) is 5.16 Å². The third kappa shape index (κ3) is 3.07. The standard InChI is InChI=1S/C17H18N4O2S/c1-11-9-13-15(18-11)16(23)21(3)17(19-13)24-10-14(22)20(2)12-7-5-4-6-8-12/h4-9,18H,10H2,1-3H3. The largest absolute Gasteiger partial charge is 0.353 e. The van der Waals surface area contributed by atoms with Crippen LogP contribution in [0.25, 0.3) is 11.0 Å². The Hall–Kier alpha value is -2.54. The number of thioether (sulfide) groups is 1. The molecule has 3 aromatic rings. The minimum absolute atomic E-state index is 0.0502. The number of fused-ring (bicyclic) bond motifs is 1. The van der Waals surface area contributed by atoms with Gasteiger partial charge in [0.1, 0.15) is 5.52 Å². The number of rotatable bonds is 4. The number of carbonyl (C=O) groups is 1. The highest BCUT2D eigenvalue weighted by Gasteiger charge is 2.15. The molecule has 0 atom stereocenters. The first kappa shape index (κ1) is 16.3. The second-order valence-corrected chi connectivity index (χ2v) is 6.49. The van der Waals surface area contributed by atoms with E-state index in [-0.39, 0.29) is 17.2 Å². The highest BCUT2D eigenvalue weighted by molar-refractivity contribution is 7.99. The van der Waals surface area contributed by atoms with Crippen molar-refractivity contribution in [3.05, 3.63) is 52.4 Å². The number of aromatic amines is 1. The summed E-state index contributed by atoms with van der Waals surface area (Å²) in [7, 11) is 3.40. The molecule has 0 aliphatic carbocycles. The minimum atomic E-state index is -0.139. The van der Waals surface area contributed by atoms with Crippen molar-refractivity contribution >= 4 is 34.4 Å². The molecule has 2 heterocycles. The smallest absolute Gasteiger partial charge is 0.278 e. The Morgan fingerprint density at radius 1 is 1.33 bits per heavy atom. The molecule has 1 N–H and O–H groups in total. The molecule has 0 radical (unpaired) electrons. The number of aryl methyl sites for hydroxylation is 1. The molecule has 0 spiro atoms. The maximum Gasteiger partial charge on any atom is 0.278 e. The molecule has 7 heteroatoms. The molecule has 0 saturated carbocycles. The Morgan fingerprint density at radius 2 is 2.04 bits per heavy atom. The number of hydrogen-bond acceptors (Lipinski definition) is 4. The summed E-state index contributed by atoms with van der Waals surface area (Å²) in [6.07, 6.45) is 0. The number of hydrogen-bond donors (Lipinski definition) is 1. The fraction of sp³-hybridized carbons (Fsp3) is 0.235. The van der Waals surface area contributed by atoms with Gasteiger partial charge in [-0.25, -0.2) is 4.98 Å². The van der Waals surface area contributed by atoms with Crippen molar-refractivity contribution in [2.24, 2.45) is 7.05 Å². The first-order chi connectivity index (χ1) is 11.5. The lowest BCUT2D eigenvalue weighted by Gasteiger charge is -2.17. The Labute approximate surface area is 143 Å². The third-order valence-electron chi connectivity index (χ3n) is 3.80. The topological polar surface area (TPSA) is 71.0 Å². The van der Waals surface area contributed by atoms with Crippen molar-refractivity contribution in [2.75, 3.05) is 17.7 Å². The van der Waals surface area contributed by atoms with Crippen LogP contribution < -0.4 is 10.5 Å². The highest BCUT2D eigenvalue weighted by atomic mass is 32.2. The van der Waals surface area contributed by atoms with Gasteiger partial charge in [0.05, 0.1) is 11.3 Å². The predicted octanol–water partition coefficient (Wildman–Crippen LogP) is 2.33. The summed E-state index contributed by atoms with van der Waals surface area (Å²) < 4.78 is 1.47. The van der Waals surface area contributed by atoms with Crippen molar-refractivity contribution < 1.29 is 4.79 Å². The molecule has 24 heavy (non-hydrogen) atoms. The number of H-pyrrole nitrogens is 1. The average molecular weight is 342 g/mol. The number of nitrogens with one attached hydrogen (secondary N) is 1. The Morgan fingerprint density at radius 3 is 2.75 bits per heavy atom. The van der Waals surface area contributed by atoms with E-state index in [1.165, 1.54) is 16.3 Å². The molecule has 0 fully saturated rings. The Bertz CT molecular complexity index is 946. The van der Waals surface area contributed by atoms with Crippen LogP contribution in [-0.4, -0.2) is 33.2 Å². The molecule has 1 amide bonds. The fourth-order valence-corrected chi connectivity index (χ4v) is 3.29. The second-order valence-electron chi connectivity index (χ2n) is 5.55. The Kier molecular flexibility index (Phi) is 4.44. The minimum Gasteiger partial charge on any atom is -0.353 e. The molecule has 1 aromatic carbocycles. The summed E-state index contributed by atoms with van der Waals surface area (Å²) in [6, 6.07) is 11.3. The SMILES string of the molecule is Cc1cc2nc(SCC(=O)N(C)c3ccccc3)n(C)c(=O)c2[nH]1. The normalized spacial score (nSPS) is 11.0. The van der Waals surface area contributed by atoms with Gasteiger partial charge in [-0.1, -0.05) is 30.0 Å². The van der Waals surface area contributed by atoms with E-state index in [2.05, 4.69) is 9.97 Å². The van der Waals surface area contributed by atoms with E-state index >= 15 is 0 Å². The van der Waals surface area contributed by atoms with E-state index in [1.54, 1.807) is 19.0 Å². The van der Waals surface area contributed by atoms with E-state index in [1.807, 2.05) is 43.3 Å². The van der Waals surface area contributed by atoms with Crippen LogP contribution >= 0.6 is 11.8 Å². The third-order valence-corrected chi connectivity index (χ3v) is 4.81. The average Bonchev–Trinajstić information content (AvgIpc) is 2.97. The molecule has 0 saturated heterocycles. The van der Waals surface area contributed by atoms with Crippen LogP contribution in [0.2, 0.25) is 0 Å². The van der Waals surface area contributed by atoms with Gasteiger partial charge >= 0.3 is 0 Å². The van der Waals surface area contributed by atoms with Crippen LogP contribution in [0.15, 0.2) is 46.3 Å². The zero-order valence-corrected chi connectivity index (χ0v) is 14.6. The van der Waals surface area contributed by atoms with Crippen LogP contribution in [0.5, 0.6) is 0 Å². The number of anilines is 1. The molecule has 6 nitrogen and oxygen atoms in total. The zero-order valence-electron chi connectivity index (χ0n) is 13.7. The van der Waals surface area contributed by atoms with Gasteiger partial charge in [-0.15, -0.1) is 0 Å². The van der Waals surface area contributed by atoms with Gasteiger partial charge in [0.25, 0.3) is 5.56 Å². The summed E-state index contributed by atoms with van der Waals surface area (Å²) in [6.45, 7) is 1.88. The molecule has 3 rings (SSSR count). The molecular weight excluding hydrogens is 324 g/mol. The van der Waals surface area contributed by atoms with Crippen LogP contribution in [0.4, 0.5) is 5.69 Å². The monoisotopic (exact) mass is 342 g/mol. The lowest BCUT2D eigenvalue weighted by molar-refractivity contribution is -0.115. The molecule has 0 aliphatic rings. The Balaban J connectivity index is 1.79. The molecule has 0 aliphatic heterocycles. The fourth-order valence-electron chi connectivity index (χ4n) is 2.41. The summed E-state index contributed by atoms with van der Waals surface area (Å²) in [5.41, 5.74) is 2.70. The van der Waals surface area contributed by atoms with Crippen LogP contribution in [0.1, 0.15) is 5.69 Å². The van der Waals surface area contributed by atoms with Gasteiger partial charge in [-0.05, 0) is 25.1 Å². The number of nitrogens with zero attached hydrogens (tertiary/aromatic N) is 3. The quantitative estimate of drug-likeness (QED) is 0.583. The van der Waals surface area contributed by atoms with Crippen molar-refractivity contribution in [1.82, 2.24) is 14.5 Å². The summed E-state index contributed by atoms with van der Waals surface area (Å²) in [5.74, 6) is 0.159. The second kappa shape index (κ2) is 6.52. The van der Waals surface area contributed by atoms with Gasteiger partial charge in [-0.3, -0.25) is 14.2 Å². The molecule has 0 unspecified atom stereocenters. The summed E-state index contributed by atoms with van der Waals surface area (Å²) in [4.78, 5) is 33.8. The van der Waals surface area contributed by atoms with E-state index < -0.39 is 0 Å². The summed E-state index contributed by atoms with van der Waals surface area (Å²) >= 11 is 1.26. The highest BCUT2D eigenvalue weighted by Crippen LogP contribution is 2.19.